The molecule has 0 radical (unpaired) electrons. The molecule has 1 saturated heterocycles. The molecule has 1 aromatic carbocycles. The van der Waals surface area contributed by atoms with Crippen molar-refractivity contribution >= 4 is 17.0 Å². The van der Waals surface area contributed by atoms with Gasteiger partial charge in [0.05, 0.1) is 31.7 Å². The molecule has 4 N–H and O–H groups in total. The van der Waals surface area contributed by atoms with Crippen LogP contribution in [0.25, 0.3) is 11.2 Å². The molecule has 176 valence electrons. The Morgan fingerprint density at radius 2 is 1.94 bits per heavy atom. The van der Waals surface area contributed by atoms with Crippen LogP contribution in [0.4, 0.5) is 5.82 Å². The van der Waals surface area contributed by atoms with Crippen LogP contribution in [0.15, 0.2) is 36.9 Å². The summed E-state index contributed by atoms with van der Waals surface area (Å²) in [5.74, 6) is 0.585. The predicted molar refractivity (Wildman–Crippen MR) is 119 cm³/mol. The van der Waals surface area contributed by atoms with Crippen molar-refractivity contribution < 1.29 is 24.8 Å². The zero-order chi connectivity index (χ0) is 22.9. The zero-order valence-electron chi connectivity index (χ0n) is 18.4. The first-order chi connectivity index (χ1) is 16.0. The second-order valence-electron chi connectivity index (χ2n) is 8.79. The Morgan fingerprint density at radius 1 is 1.12 bits per heavy atom. The summed E-state index contributed by atoms with van der Waals surface area (Å²) in [6.45, 7) is 2.23. The molecular formula is C23H29N5O5. The fourth-order valence-electron chi connectivity index (χ4n) is 4.61. The summed E-state index contributed by atoms with van der Waals surface area (Å²) in [6.07, 6.45) is 1.80. The summed E-state index contributed by atoms with van der Waals surface area (Å²) in [6, 6.07) is 8.44. The second-order valence-corrected chi connectivity index (χ2v) is 8.79. The van der Waals surface area contributed by atoms with E-state index in [-0.39, 0.29) is 12.1 Å². The van der Waals surface area contributed by atoms with Crippen molar-refractivity contribution in [3.8, 4) is 0 Å². The topological polar surface area (TPSA) is 135 Å². The van der Waals surface area contributed by atoms with Gasteiger partial charge in [-0.1, -0.05) is 29.8 Å². The molecule has 2 aromatic heterocycles. The van der Waals surface area contributed by atoms with Crippen molar-refractivity contribution in [1.82, 2.24) is 19.5 Å². The molecule has 0 spiro atoms. The summed E-state index contributed by atoms with van der Waals surface area (Å²) >= 11 is 0. The molecule has 2 aliphatic rings. The lowest BCUT2D eigenvalue weighted by Crippen LogP contribution is -2.33. The summed E-state index contributed by atoms with van der Waals surface area (Å²) < 4.78 is 13.4. The quantitative estimate of drug-likeness (QED) is 0.416. The maximum Gasteiger partial charge on any atom is 0.167 e. The van der Waals surface area contributed by atoms with Crippen LogP contribution in [0, 0.1) is 6.92 Å². The number of aryl methyl sites for hydroxylation is 1. The number of aliphatic hydroxyl groups is 3. The molecular weight excluding hydrogens is 426 g/mol. The van der Waals surface area contributed by atoms with Gasteiger partial charge in [0.2, 0.25) is 0 Å². The van der Waals surface area contributed by atoms with Gasteiger partial charge in [0.25, 0.3) is 0 Å². The van der Waals surface area contributed by atoms with Gasteiger partial charge >= 0.3 is 0 Å². The minimum absolute atomic E-state index is 0.0545. The average Bonchev–Trinajstić information content (AvgIpc) is 3.52. The van der Waals surface area contributed by atoms with Gasteiger partial charge in [-0.25, -0.2) is 15.0 Å². The van der Waals surface area contributed by atoms with E-state index in [1.807, 2.05) is 0 Å². The van der Waals surface area contributed by atoms with Crippen LogP contribution in [-0.4, -0.2) is 71.9 Å². The Kier molecular flexibility index (Phi) is 6.26. The molecule has 10 heteroatoms. The van der Waals surface area contributed by atoms with E-state index >= 15 is 0 Å². The van der Waals surface area contributed by atoms with Gasteiger partial charge in [0, 0.05) is 0 Å². The number of imidazole rings is 1. The monoisotopic (exact) mass is 455 g/mol. The van der Waals surface area contributed by atoms with E-state index < -0.39 is 31.1 Å². The fourth-order valence-corrected chi connectivity index (χ4v) is 4.61. The highest BCUT2D eigenvalue weighted by atomic mass is 16.6. The van der Waals surface area contributed by atoms with E-state index in [0.29, 0.717) is 23.6 Å². The van der Waals surface area contributed by atoms with Crippen LogP contribution in [0.5, 0.6) is 0 Å². The number of hydrogen-bond donors (Lipinski definition) is 4. The molecule has 1 saturated carbocycles. The van der Waals surface area contributed by atoms with E-state index in [1.54, 1.807) is 4.57 Å². The number of ether oxygens (including phenoxy) is 2. The van der Waals surface area contributed by atoms with Crippen LogP contribution in [-0.2, 0) is 16.1 Å². The third-order valence-corrected chi connectivity index (χ3v) is 6.51. The highest BCUT2D eigenvalue weighted by Gasteiger charge is 2.44. The summed E-state index contributed by atoms with van der Waals surface area (Å²) in [4.78, 5) is 13.1. The van der Waals surface area contributed by atoms with Crippen LogP contribution in [0.1, 0.15) is 36.6 Å². The third kappa shape index (κ3) is 4.32. The average molecular weight is 456 g/mol. The molecule has 10 nitrogen and oxygen atoms in total. The first-order valence-electron chi connectivity index (χ1n) is 11.3. The van der Waals surface area contributed by atoms with Crippen molar-refractivity contribution in [2.45, 2.75) is 69.5 Å². The van der Waals surface area contributed by atoms with Crippen LogP contribution < -0.4 is 5.32 Å². The number of nitrogens with zero attached hydrogens (tertiary/aromatic N) is 4. The Morgan fingerprint density at radius 3 is 2.70 bits per heavy atom. The largest absolute Gasteiger partial charge is 0.394 e. The van der Waals surface area contributed by atoms with E-state index in [2.05, 4.69) is 51.5 Å². The molecule has 3 heterocycles. The molecule has 1 aliphatic heterocycles. The van der Waals surface area contributed by atoms with Gasteiger partial charge in [-0.2, -0.15) is 0 Å². The van der Waals surface area contributed by atoms with Crippen molar-refractivity contribution in [2.24, 2.45) is 0 Å². The van der Waals surface area contributed by atoms with Crippen LogP contribution in [0.2, 0.25) is 0 Å². The van der Waals surface area contributed by atoms with E-state index in [1.165, 1.54) is 18.2 Å². The van der Waals surface area contributed by atoms with Crippen molar-refractivity contribution in [2.75, 3.05) is 11.9 Å². The van der Waals surface area contributed by atoms with Crippen molar-refractivity contribution in [3.05, 3.63) is 48.0 Å². The molecule has 1 aliphatic carbocycles. The molecule has 3 aromatic rings. The molecule has 2 unspecified atom stereocenters. The Hall–Kier alpha value is -2.63. The molecule has 5 rings (SSSR count). The number of hydrogen-bond acceptors (Lipinski definition) is 9. The van der Waals surface area contributed by atoms with Gasteiger partial charge in [-0.05, 0) is 31.7 Å². The predicted octanol–water partition coefficient (Wildman–Crippen LogP) is 1.30. The lowest BCUT2D eigenvalue weighted by Gasteiger charge is -2.22. The SMILES string of the molecule is Cc1ccc(CO[C@H]2CCCC2Nc2ncnc3c2ncn3C2O[C@H](CO)[C@@H](O)[C@H]2O)cc1. The number of fused-ring (bicyclic) bond motifs is 1. The number of benzene rings is 1. The zero-order valence-corrected chi connectivity index (χ0v) is 18.4. The highest BCUT2D eigenvalue weighted by molar-refractivity contribution is 5.82. The molecule has 33 heavy (non-hydrogen) atoms. The molecule has 6 atom stereocenters. The maximum atomic E-state index is 10.4. The van der Waals surface area contributed by atoms with Crippen molar-refractivity contribution in [1.29, 1.82) is 0 Å². The standard InChI is InChI=1S/C23H29N5O5/c1-13-5-7-14(8-6-13)10-32-16-4-2-3-15(16)27-21-18-22(25-11-24-21)28(12-26-18)23-20(31)19(30)17(9-29)33-23/h5-8,11-12,15-17,19-20,23,29-31H,2-4,9-10H2,1H3,(H,24,25,27)/t15?,16-,17+,19+,20+,23?/m0/s1. The van der Waals surface area contributed by atoms with Gasteiger partial charge < -0.3 is 30.1 Å². The molecule has 0 amide bonds. The second kappa shape index (κ2) is 9.32. The van der Waals surface area contributed by atoms with Gasteiger partial charge in [-0.3, -0.25) is 4.57 Å². The summed E-state index contributed by atoms with van der Waals surface area (Å²) in [5, 5.41) is 33.3. The van der Waals surface area contributed by atoms with E-state index in [4.69, 9.17) is 9.47 Å². The summed E-state index contributed by atoms with van der Waals surface area (Å²) in [7, 11) is 0. The first kappa shape index (κ1) is 22.2. The number of aliphatic hydroxyl groups excluding tert-OH is 3. The number of nitrogens with one attached hydrogen (secondary N) is 1. The fraction of sp³-hybridized carbons (Fsp3) is 0.522. The maximum absolute atomic E-state index is 10.4. The van der Waals surface area contributed by atoms with Gasteiger partial charge in [0.1, 0.15) is 24.6 Å². The molecule has 0 bridgehead atoms. The van der Waals surface area contributed by atoms with E-state index in [9.17, 15) is 15.3 Å². The number of anilines is 1. The lowest BCUT2D eigenvalue weighted by molar-refractivity contribution is -0.0511. The number of rotatable bonds is 7. The first-order valence-corrected chi connectivity index (χ1v) is 11.3. The number of aromatic nitrogens is 4. The lowest BCUT2D eigenvalue weighted by atomic mass is 10.1. The van der Waals surface area contributed by atoms with Gasteiger partial charge in [-0.15, -0.1) is 0 Å². The van der Waals surface area contributed by atoms with Gasteiger partial charge in [0.15, 0.2) is 23.2 Å². The minimum Gasteiger partial charge on any atom is -0.394 e. The minimum atomic E-state index is -1.21. The van der Waals surface area contributed by atoms with Crippen LogP contribution >= 0.6 is 0 Å². The normalized spacial score (nSPS) is 29.7. The Bertz CT molecular complexity index is 1090. The Labute approximate surface area is 191 Å². The highest BCUT2D eigenvalue weighted by Crippen LogP contribution is 2.33. The third-order valence-electron chi connectivity index (χ3n) is 6.51. The summed E-state index contributed by atoms with van der Waals surface area (Å²) in [5.41, 5.74) is 3.38. The molecule has 2 fully saturated rings. The Balaban J connectivity index is 1.31. The smallest absolute Gasteiger partial charge is 0.167 e. The van der Waals surface area contributed by atoms with E-state index in [0.717, 1.165) is 24.8 Å². The van der Waals surface area contributed by atoms with Crippen molar-refractivity contribution in [3.63, 3.8) is 0 Å². The van der Waals surface area contributed by atoms with Crippen LogP contribution in [0.3, 0.4) is 0 Å².